The summed E-state index contributed by atoms with van der Waals surface area (Å²) in [4.78, 5) is 0. The second-order valence-electron chi connectivity index (χ2n) is 4.77. The fraction of sp³-hybridized carbons (Fsp3) is 0.308. The monoisotopic (exact) mass is 338 g/mol. The van der Waals surface area contributed by atoms with Crippen LogP contribution in [0.15, 0.2) is 18.3 Å². The highest BCUT2D eigenvalue weighted by molar-refractivity contribution is 6.37. The molecule has 2 aromatic rings. The maximum absolute atomic E-state index is 13.6. The van der Waals surface area contributed by atoms with Gasteiger partial charge in [-0.3, -0.25) is 0 Å². The Morgan fingerprint density at radius 3 is 2.33 bits per heavy atom. The van der Waals surface area contributed by atoms with Gasteiger partial charge in [0.15, 0.2) is 0 Å². The van der Waals surface area contributed by atoms with E-state index in [0.29, 0.717) is 24.1 Å². The first-order chi connectivity index (χ1) is 9.77. The Bertz CT molecular complexity index is 686. The molecule has 0 N–H and O–H groups in total. The van der Waals surface area contributed by atoms with E-state index >= 15 is 0 Å². The Morgan fingerprint density at radius 2 is 1.81 bits per heavy atom. The van der Waals surface area contributed by atoms with Crippen molar-refractivity contribution < 1.29 is 17.6 Å². The molecule has 0 bridgehead atoms. The fourth-order valence-corrected chi connectivity index (χ4v) is 3.02. The molecular formula is C13H8Cl2F4N2. The van der Waals surface area contributed by atoms with Crippen LogP contribution in [0.4, 0.5) is 17.6 Å². The summed E-state index contributed by atoms with van der Waals surface area (Å²) in [6.07, 6.45) is -3.37. The van der Waals surface area contributed by atoms with Crippen molar-refractivity contribution in [3.63, 3.8) is 0 Å². The summed E-state index contributed by atoms with van der Waals surface area (Å²) in [5, 5.41) is 3.77. The van der Waals surface area contributed by atoms with Gasteiger partial charge in [0.2, 0.25) is 0 Å². The number of halogens is 6. The first-order valence-corrected chi connectivity index (χ1v) is 6.82. The number of hydrogen-bond acceptors (Lipinski definition) is 1. The van der Waals surface area contributed by atoms with Gasteiger partial charge >= 0.3 is 6.18 Å². The molecule has 8 heteroatoms. The fourth-order valence-electron chi connectivity index (χ4n) is 2.36. The van der Waals surface area contributed by atoms with Crippen molar-refractivity contribution in [2.45, 2.75) is 25.2 Å². The average Bonchev–Trinajstić information content (AvgIpc) is 2.90. The minimum absolute atomic E-state index is 0.118. The Morgan fingerprint density at radius 1 is 1.19 bits per heavy atom. The molecule has 0 amide bonds. The maximum atomic E-state index is 13.6. The van der Waals surface area contributed by atoms with Gasteiger partial charge in [0, 0.05) is 11.8 Å². The van der Waals surface area contributed by atoms with Crippen molar-refractivity contribution in [1.82, 2.24) is 9.78 Å². The predicted octanol–water partition coefficient (Wildman–Crippen LogP) is 5.15. The zero-order valence-corrected chi connectivity index (χ0v) is 11.9. The van der Waals surface area contributed by atoms with Crippen molar-refractivity contribution in [1.29, 1.82) is 0 Å². The number of rotatable bonds is 1. The van der Waals surface area contributed by atoms with Gasteiger partial charge < -0.3 is 0 Å². The topological polar surface area (TPSA) is 17.8 Å². The molecule has 21 heavy (non-hydrogen) atoms. The minimum atomic E-state index is -4.54. The lowest BCUT2D eigenvalue weighted by molar-refractivity contribution is -0.137. The van der Waals surface area contributed by atoms with E-state index in [9.17, 15) is 17.6 Å². The molecule has 2 nitrogen and oxygen atoms in total. The number of hydrogen-bond donors (Lipinski definition) is 0. The van der Waals surface area contributed by atoms with Crippen molar-refractivity contribution >= 4 is 23.2 Å². The molecule has 0 aliphatic heterocycles. The zero-order valence-electron chi connectivity index (χ0n) is 10.4. The zero-order chi connectivity index (χ0) is 15.4. The average molecular weight is 339 g/mol. The quantitative estimate of drug-likeness (QED) is 0.657. The van der Waals surface area contributed by atoms with Crippen molar-refractivity contribution in [2.75, 3.05) is 0 Å². The van der Waals surface area contributed by atoms with Gasteiger partial charge in [-0.15, -0.1) is 0 Å². The van der Waals surface area contributed by atoms with Crippen LogP contribution in [0.1, 0.15) is 29.4 Å². The molecule has 1 unspecified atom stereocenters. The molecule has 1 aromatic carbocycles. The molecule has 1 aromatic heterocycles. The Balaban J connectivity index is 2.09. The number of aryl methyl sites for hydroxylation is 1. The van der Waals surface area contributed by atoms with Crippen LogP contribution in [0.25, 0.3) is 5.69 Å². The molecule has 1 aliphatic carbocycles. The van der Waals surface area contributed by atoms with Crippen molar-refractivity contribution in [2.24, 2.45) is 0 Å². The van der Waals surface area contributed by atoms with Crippen LogP contribution in [0.5, 0.6) is 0 Å². The molecule has 1 atom stereocenters. The van der Waals surface area contributed by atoms with Gasteiger partial charge in [0.1, 0.15) is 11.9 Å². The molecular weight excluding hydrogens is 331 g/mol. The maximum Gasteiger partial charge on any atom is 0.416 e. The lowest BCUT2D eigenvalue weighted by Crippen LogP contribution is -2.07. The number of fused-ring (bicyclic) bond motifs is 1. The standard InChI is InChI=1S/C13H8Cl2F4N2/c14-8-3-6(13(17,18)19)4-9(15)12(8)21-5-7-10(16)1-2-11(7)20-21/h3-5,10H,1-2H2. The normalized spacial score (nSPS) is 18.1. The van der Waals surface area contributed by atoms with E-state index in [4.69, 9.17) is 23.2 Å². The highest BCUT2D eigenvalue weighted by Gasteiger charge is 2.33. The minimum Gasteiger partial charge on any atom is -0.242 e. The largest absolute Gasteiger partial charge is 0.416 e. The van der Waals surface area contributed by atoms with E-state index < -0.39 is 17.9 Å². The molecule has 112 valence electrons. The van der Waals surface area contributed by atoms with Crippen LogP contribution in [0.2, 0.25) is 10.0 Å². The first-order valence-electron chi connectivity index (χ1n) is 6.06. The van der Waals surface area contributed by atoms with Crippen LogP contribution in [-0.4, -0.2) is 9.78 Å². The highest BCUT2D eigenvalue weighted by atomic mass is 35.5. The second-order valence-corrected chi connectivity index (χ2v) is 5.58. The summed E-state index contributed by atoms with van der Waals surface area (Å²) in [6.45, 7) is 0. The molecule has 0 saturated carbocycles. The summed E-state index contributed by atoms with van der Waals surface area (Å²) in [5.74, 6) is 0. The van der Waals surface area contributed by atoms with E-state index in [-0.39, 0.29) is 15.7 Å². The van der Waals surface area contributed by atoms with E-state index in [2.05, 4.69) is 5.10 Å². The van der Waals surface area contributed by atoms with Crippen LogP contribution in [0.3, 0.4) is 0 Å². The van der Waals surface area contributed by atoms with Crippen LogP contribution < -0.4 is 0 Å². The predicted molar refractivity (Wildman–Crippen MR) is 70.8 cm³/mol. The lowest BCUT2D eigenvalue weighted by atomic mass is 10.2. The summed E-state index contributed by atoms with van der Waals surface area (Å²) in [6, 6.07) is 1.56. The summed E-state index contributed by atoms with van der Waals surface area (Å²) in [5.41, 5.74) is 0.189. The van der Waals surface area contributed by atoms with E-state index in [1.807, 2.05) is 0 Å². The van der Waals surface area contributed by atoms with Gasteiger partial charge in [-0.05, 0) is 25.0 Å². The molecule has 3 rings (SSSR count). The van der Waals surface area contributed by atoms with Crippen molar-refractivity contribution in [3.05, 3.63) is 45.2 Å². The third-order valence-electron chi connectivity index (χ3n) is 3.37. The van der Waals surface area contributed by atoms with Crippen LogP contribution >= 0.6 is 23.2 Å². The van der Waals surface area contributed by atoms with Gasteiger partial charge in [0.05, 0.1) is 21.3 Å². The molecule has 0 fully saturated rings. The highest BCUT2D eigenvalue weighted by Crippen LogP contribution is 2.39. The SMILES string of the molecule is FC1CCc2nn(-c3c(Cl)cc(C(F)(F)F)cc3Cl)cc21. The first kappa shape index (κ1) is 14.7. The summed E-state index contributed by atoms with van der Waals surface area (Å²) in [7, 11) is 0. The Labute approximate surface area is 127 Å². The summed E-state index contributed by atoms with van der Waals surface area (Å²) < 4.78 is 52.9. The second kappa shape index (κ2) is 4.88. The third-order valence-corrected chi connectivity index (χ3v) is 3.94. The summed E-state index contributed by atoms with van der Waals surface area (Å²) >= 11 is 11.8. The number of nitrogens with zero attached hydrogens (tertiary/aromatic N) is 2. The smallest absolute Gasteiger partial charge is 0.242 e. The van der Waals surface area contributed by atoms with Gasteiger partial charge in [-0.1, -0.05) is 23.2 Å². The molecule has 0 spiro atoms. The van der Waals surface area contributed by atoms with Crippen molar-refractivity contribution in [3.8, 4) is 5.69 Å². The van der Waals surface area contributed by atoms with Crippen LogP contribution in [-0.2, 0) is 12.6 Å². The molecule has 1 aliphatic rings. The van der Waals surface area contributed by atoms with E-state index in [1.54, 1.807) is 0 Å². The van der Waals surface area contributed by atoms with E-state index in [1.165, 1.54) is 10.9 Å². The molecule has 0 saturated heterocycles. The van der Waals surface area contributed by atoms with Gasteiger partial charge in [0.25, 0.3) is 0 Å². The Kier molecular flexibility index (Phi) is 3.41. The molecule has 0 radical (unpaired) electrons. The number of benzene rings is 1. The van der Waals surface area contributed by atoms with Gasteiger partial charge in [-0.2, -0.15) is 18.3 Å². The Hall–Kier alpha value is -1.27. The third kappa shape index (κ3) is 2.51. The van der Waals surface area contributed by atoms with Gasteiger partial charge in [-0.25, -0.2) is 9.07 Å². The number of aromatic nitrogens is 2. The number of alkyl halides is 4. The lowest BCUT2D eigenvalue weighted by Gasteiger charge is -2.12. The van der Waals surface area contributed by atoms with Crippen LogP contribution in [0, 0.1) is 0 Å². The van der Waals surface area contributed by atoms with E-state index in [0.717, 1.165) is 12.1 Å². The molecule has 1 heterocycles.